The molecule has 1 amide bonds. The average Bonchev–Trinajstić information content (AvgIpc) is 2.43. The van der Waals surface area contributed by atoms with E-state index in [0.717, 1.165) is 23.2 Å². The molecule has 4 heteroatoms. The summed E-state index contributed by atoms with van der Waals surface area (Å²) in [6.07, 6.45) is 1.17. The van der Waals surface area contributed by atoms with Gasteiger partial charge in [0, 0.05) is 12.2 Å². The van der Waals surface area contributed by atoms with Crippen molar-refractivity contribution in [2.24, 2.45) is 5.92 Å². The van der Waals surface area contributed by atoms with Gasteiger partial charge in [-0.3, -0.25) is 9.59 Å². The summed E-state index contributed by atoms with van der Waals surface area (Å²) in [5.74, 6) is -1.07. The summed E-state index contributed by atoms with van der Waals surface area (Å²) in [5, 5.41) is 8.62. The molecular weight excluding hydrogens is 252 g/mol. The highest BCUT2D eigenvalue weighted by Gasteiger charge is 2.34. The smallest absolute Gasteiger partial charge is 0.237 e. The number of carbonyl (C=O) groups is 2. The predicted molar refractivity (Wildman–Crippen MR) is 76.2 cm³/mol. The third kappa shape index (κ3) is 2.57. The summed E-state index contributed by atoms with van der Waals surface area (Å²) in [5.41, 5.74) is 3.07. The molecule has 4 nitrogen and oxygen atoms in total. The first-order valence-corrected chi connectivity index (χ1v) is 6.83. The van der Waals surface area contributed by atoms with Crippen LogP contribution in [0.15, 0.2) is 18.2 Å². The van der Waals surface area contributed by atoms with Gasteiger partial charge in [0.1, 0.15) is 0 Å². The lowest BCUT2D eigenvalue weighted by molar-refractivity contribution is -0.133. The highest BCUT2D eigenvalue weighted by atomic mass is 16.2. The number of nitriles is 1. The molecule has 0 spiro atoms. The van der Waals surface area contributed by atoms with Crippen LogP contribution in [0.25, 0.3) is 0 Å². The summed E-state index contributed by atoms with van der Waals surface area (Å²) in [4.78, 5) is 26.1. The standard InChI is InChI=1S/C16H18N2O2/c1-11-5-3-7-14(12(11)2)18-10-4-6-13(16(18)20)15(19)8-9-17/h3,5,7,13H,4,6,8,10H2,1-2H3. The maximum atomic E-state index is 12.5. The van der Waals surface area contributed by atoms with Gasteiger partial charge in [-0.05, 0) is 43.9 Å². The lowest BCUT2D eigenvalue weighted by atomic mass is 9.90. The molecule has 20 heavy (non-hydrogen) atoms. The first-order chi connectivity index (χ1) is 9.56. The molecule has 0 aromatic heterocycles. The molecule has 1 saturated heterocycles. The van der Waals surface area contributed by atoms with Gasteiger partial charge in [-0.25, -0.2) is 0 Å². The lowest BCUT2D eigenvalue weighted by Gasteiger charge is -2.32. The molecule has 1 aliphatic heterocycles. The summed E-state index contributed by atoms with van der Waals surface area (Å²) < 4.78 is 0. The second kappa shape index (κ2) is 5.87. The molecule has 1 fully saturated rings. The Labute approximate surface area is 119 Å². The number of amides is 1. The first kappa shape index (κ1) is 14.3. The minimum atomic E-state index is -0.650. The SMILES string of the molecule is Cc1cccc(N2CCCC(C(=O)CC#N)C2=O)c1C. The first-order valence-electron chi connectivity index (χ1n) is 6.83. The zero-order valence-electron chi connectivity index (χ0n) is 11.8. The number of anilines is 1. The van der Waals surface area contributed by atoms with Crippen LogP contribution in [-0.4, -0.2) is 18.2 Å². The monoisotopic (exact) mass is 270 g/mol. The van der Waals surface area contributed by atoms with Crippen molar-refractivity contribution < 1.29 is 9.59 Å². The van der Waals surface area contributed by atoms with Gasteiger partial charge in [0.15, 0.2) is 5.78 Å². The van der Waals surface area contributed by atoms with Gasteiger partial charge >= 0.3 is 0 Å². The largest absolute Gasteiger partial charge is 0.312 e. The Kier molecular flexibility index (Phi) is 4.19. The number of nitrogens with zero attached hydrogens (tertiary/aromatic N) is 2. The van der Waals surface area contributed by atoms with E-state index in [9.17, 15) is 9.59 Å². The number of rotatable bonds is 3. The molecule has 1 atom stereocenters. The van der Waals surface area contributed by atoms with Crippen LogP contribution in [0.1, 0.15) is 30.4 Å². The number of hydrogen-bond donors (Lipinski definition) is 0. The fourth-order valence-corrected chi connectivity index (χ4v) is 2.64. The Bertz CT molecular complexity index is 587. The molecule has 0 bridgehead atoms. The summed E-state index contributed by atoms with van der Waals surface area (Å²) in [6.45, 7) is 4.63. The minimum absolute atomic E-state index is 0.162. The number of carbonyl (C=O) groups excluding carboxylic acids is 2. The molecule has 0 radical (unpaired) electrons. The van der Waals surface area contributed by atoms with Crippen molar-refractivity contribution in [1.29, 1.82) is 5.26 Å². The lowest BCUT2D eigenvalue weighted by Crippen LogP contribution is -2.44. The Morgan fingerprint density at radius 3 is 2.90 bits per heavy atom. The van der Waals surface area contributed by atoms with E-state index in [1.54, 1.807) is 4.90 Å². The van der Waals surface area contributed by atoms with E-state index in [4.69, 9.17) is 5.26 Å². The average molecular weight is 270 g/mol. The third-order valence-electron chi connectivity index (χ3n) is 3.95. The summed E-state index contributed by atoms with van der Waals surface area (Å²) >= 11 is 0. The Morgan fingerprint density at radius 2 is 2.20 bits per heavy atom. The zero-order valence-corrected chi connectivity index (χ0v) is 11.8. The van der Waals surface area contributed by atoms with Gasteiger partial charge in [0.25, 0.3) is 0 Å². The van der Waals surface area contributed by atoms with Crippen LogP contribution in [-0.2, 0) is 9.59 Å². The van der Waals surface area contributed by atoms with Gasteiger partial charge in [0.05, 0.1) is 18.4 Å². The topological polar surface area (TPSA) is 61.2 Å². The number of piperidine rings is 1. The molecular formula is C16H18N2O2. The van der Waals surface area contributed by atoms with Gasteiger partial charge in [-0.15, -0.1) is 0 Å². The van der Waals surface area contributed by atoms with E-state index < -0.39 is 5.92 Å². The fourth-order valence-electron chi connectivity index (χ4n) is 2.64. The van der Waals surface area contributed by atoms with E-state index in [1.807, 2.05) is 38.1 Å². The van der Waals surface area contributed by atoms with Crippen LogP contribution in [0.3, 0.4) is 0 Å². The van der Waals surface area contributed by atoms with Crippen molar-refractivity contribution >= 4 is 17.4 Å². The van der Waals surface area contributed by atoms with Crippen LogP contribution in [0, 0.1) is 31.1 Å². The number of hydrogen-bond acceptors (Lipinski definition) is 3. The number of benzene rings is 1. The van der Waals surface area contributed by atoms with E-state index in [0.29, 0.717) is 13.0 Å². The summed E-state index contributed by atoms with van der Waals surface area (Å²) in [6, 6.07) is 7.68. The number of ketones is 1. The third-order valence-corrected chi connectivity index (χ3v) is 3.95. The predicted octanol–water partition coefficient (Wildman–Crippen LogP) is 2.53. The molecule has 2 rings (SSSR count). The summed E-state index contributed by atoms with van der Waals surface area (Å²) in [7, 11) is 0. The molecule has 0 aliphatic carbocycles. The van der Waals surface area contributed by atoms with Crippen molar-refractivity contribution in [2.45, 2.75) is 33.1 Å². The molecule has 0 N–H and O–H groups in total. The van der Waals surface area contributed by atoms with Crippen molar-refractivity contribution in [3.05, 3.63) is 29.3 Å². The fraction of sp³-hybridized carbons (Fsp3) is 0.438. The van der Waals surface area contributed by atoms with Crippen molar-refractivity contribution in [1.82, 2.24) is 0 Å². The van der Waals surface area contributed by atoms with Crippen LogP contribution >= 0.6 is 0 Å². The van der Waals surface area contributed by atoms with Crippen molar-refractivity contribution in [3.63, 3.8) is 0 Å². The highest BCUT2D eigenvalue weighted by molar-refractivity contribution is 6.09. The zero-order chi connectivity index (χ0) is 14.7. The molecule has 0 saturated carbocycles. The molecule has 1 heterocycles. The van der Waals surface area contributed by atoms with Gasteiger partial charge in [-0.2, -0.15) is 5.26 Å². The molecule has 1 aromatic rings. The van der Waals surface area contributed by atoms with E-state index in [1.165, 1.54) is 0 Å². The maximum absolute atomic E-state index is 12.5. The van der Waals surface area contributed by atoms with Gasteiger partial charge in [0.2, 0.25) is 5.91 Å². The van der Waals surface area contributed by atoms with Crippen LogP contribution in [0.2, 0.25) is 0 Å². The molecule has 1 unspecified atom stereocenters. The van der Waals surface area contributed by atoms with Crippen LogP contribution < -0.4 is 4.90 Å². The van der Waals surface area contributed by atoms with E-state index in [2.05, 4.69) is 0 Å². The van der Waals surface area contributed by atoms with Crippen LogP contribution in [0.5, 0.6) is 0 Å². The van der Waals surface area contributed by atoms with Crippen molar-refractivity contribution in [2.75, 3.05) is 11.4 Å². The van der Waals surface area contributed by atoms with E-state index in [-0.39, 0.29) is 18.1 Å². The second-order valence-corrected chi connectivity index (χ2v) is 5.20. The normalized spacial score (nSPS) is 18.8. The quantitative estimate of drug-likeness (QED) is 0.793. The second-order valence-electron chi connectivity index (χ2n) is 5.20. The van der Waals surface area contributed by atoms with Gasteiger partial charge in [-0.1, -0.05) is 12.1 Å². The Morgan fingerprint density at radius 1 is 1.45 bits per heavy atom. The van der Waals surface area contributed by atoms with Crippen molar-refractivity contribution in [3.8, 4) is 6.07 Å². The van der Waals surface area contributed by atoms with Gasteiger partial charge < -0.3 is 4.90 Å². The van der Waals surface area contributed by atoms with Crippen LogP contribution in [0.4, 0.5) is 5.69 Å². The highest BCUT2D eigenvalue weighted by Crippen LogP contribution is 2.29. The molecule has 1 aliphatic rings. The minimum Gasteiger partial charge on any atom is -0.312 e. The molecule has 104 valence electrons. The molecule has 1 aromatic carbocycles. The Hall–Kier alpha value is -2.15. The number of Topliss-reactive ketones (excluding diaryl/α,β-unsaturated/α-hetero) is 1. The number of aryl methyl sites for hydroxylation is 1. The van der Waals surface area contributed by atoms with E-state index >= 15 is 0 Å². The Balaban J connectivity index is 2.29. The maximum Gasteiger partial charge on any atom is 0.237 e.